The van der Waals surface area contributed by atoms with E-state index in [1.54, 1.807) is 0 Å². The number of likely N-dealkylation sites (tertiary alicyclic amines) is 1. The van der Waals surface area contributed by atoms with Crippen molar-refractivity contribution in [2.24, 2.45) is 0 Å². The van der Waals surface area contributed by atoms with Crippen LogP contribution in [-0.2, 0) is 11.3 Å². The van der Waals surface area contributed by atoms with Crippen molar-refractivity contribution in [1.29, 1.82) is 0 Å². The third-order valence-corrected chi connectivity index (χ3v) is 6.83. The minimum absolute atomic E-state index is 0.181. The first kappa shape index (κ1) is 20.0. The Morgan fingerprint density at radius 1 is 1.13 bits per heavy atom. The van der Waals surface area contributed by atoms with Crippen LogP contribution < -0.4 is 10.2 Å². The highest BCUT2D eigenvalue weighted by Gasteiger charge is 2.49. The van der Waals surface area contributed by atoms with Gasteiger partial charge in [0.2, 0.25) is 5.91 Å². The van der Waals surface area contributed by atoms with Gasteiger partial charge in [0.15, 0.2) is 0 Å². The second-order valence-corrected chi connectivity index (χ2v) is 9.25. The van der Waals surface area contributed by atoms with E-state index in [1.165, 1.54) is 16.5 Å². The van der Waals surface area contributed by atoms with Crippen molar-refractivity contribution in [3.05, 3.63) is 71.8 Å². The van der Waals surface area contributed by atoms with Crippen LogP contribution in [-0.4, -0.2) is 48.5 Å². The van der Waals surface area contributed by atoms with E-state index in [2.05, 4.69) is 83.8 Å². The number of anilines is 1. The van der Waals surface area contributed by atoms with E-state index in [4.69, 9.17) is 4.98 Å². The standard InChI is InChI=1S/C26H30N4O/c1-29(2)25-21(15-20-11-6-7-12-23(20)27-25)16-30-17-22(19-9-4-3-5-10-19)26(18-30)14-8-13-24(31)28-26/h3-7,9-12,15,22H,8,13-14,16-18H2,1-2H3,(H,28,31)/t22-,26+/m0/s1. The molecule has 2 aliphatic rings. The fourth-order valence-electron chi connectivity index (χ4n) is 5.48. The molecule has 2 fully saturated rings. The van der Waals surface area contributed by atoms with Crippen molar-refractivity contribution in [2.75, 3.05) is 32.1 Å². The van der Waals surface area contributed by atoms with Crippen LogP contribution in [0.2, 0.25) is 0 Å². The molecule has 2 aliphatic heterocycles. The monoisotopic (exact) mass is 414 g/mol. The molecule has 0 saturated carbocycles. The summed E-state index contributed by atoms with van der Waals surface area (Å²) in [6, 6.07) is 21.3. The maximum atomic E-state index is 12.4. The lowest BCUT2D eigenvalue weighted by molar-refractivity contribution is -0.125. The zero-order valence-electron chi connectivity index (χ0n) is 18.3. The van der Waals surface area contributed by atoms with Gasteiger partial charge in [-0.25, -0.2) is 4.98 Å². The fourth-order valence-corrected chi connectivity index (χ4v) is 5.48. The van der Waals surface area contributed by atoms with Crippen LogP contribution in [0.5, 0.6) is 0 Å². The number of piperidine rings is 1. The summed E-state index contributed by atoms with van der Waals surface area (Å²) in [6.07, 6.45) is 2.64. The van der Waals surface area contributed by atoms with Gasteiger partial charge in [0, 0.05) is 57.0 Å². The van der Waals surface area contributed by atoms with Gasteiger partial charge in [-0.05, 0) is 30.5 Å². The number of carbonyl (C=O) groups is 1. The van der Waals surface area contributed by atoms with E-state index in [-0.39, 0.29) is 11.4 Å². The van der Waals surface area contributed by atoms with E-state index >= 15 is 0 Å². The predicted octanol–water partition coefficient (Wildman–Crippen LogP) is 3.94. The number of aromatic nitrogens is 1. The molecular weight excluding hydrogens is 384 g/mol. The Morgan fingerprint density at radius 2 is 1.90 bits per heavy atom. The van der Waals surface area contributed by atoms with Gasteiger partial charge >= 0.3 is 0 Å². The molecule has 160 valence electrons. The molecule has 1 aromatic heterocycles. The first-order valence-electron chi connectivity index (χ1n) is 11.2. The fraction of sp³-hybridized carbons (Fsp3) is 0.385. The van der Waals surface area contributed by atoms with E-state index < -0.39 is 0 Å². The third-order valence-electron chi connectivity index (χ3n) is 6.83. The molecule has 0 bridgehead atoms. The number of benzene rings is 2. The average Bonchev–Trinajstić information content (AvgIpc) is 3.10. The summed E-state index contributed by atoms with van der Waals surface area (Å²) in [5, 5.41) is 4.59. The number of amides is 1. The van der Waals surface area contributed by atoms with Crippen LogP contribution in [0.15, 0.2) is 60.7 Å². The molecule has 5 rings (SSSR count). The third kappa shape index (κ3) is 3.79. The number of carbonyl (C=O) groups excluding carboxylic acids is 1. The molecule has 0 unspecified atom stereocenters. The first-order valence-corrected chi connectivity index (χ1v) is 11.2. The molecule has 31 heavy (non-hydrogen) atoms. The number of hydrogen-bond acceptors (Lipinski definition) is 4. The first-order chi connectivity index (χ1) is 15.0. The van der Waals surface area contributed by atoms with Crippen LogP contribution in [0, 0.1) is 0 Å². The highest BCUT2D eigenvalue weighted by Crippen LogP contribution is 2.42. The van der Waals surface area contributed by atoms with Crippen molar-refractivity contribution in [2.45, 2.75) is 37.3 Å². The quantitative estimate of drug-likeness (QED) is 0.703. The Hall–Kier alpha value is -2.92. The molecule has 5 nitrogen and oxygen atoms in total. The molecule has 1 amide bonds. The average molecular weight is 415 g/mol. The number of para-hydroxylation sites is 1. The molecule has 2 atom stereocenters. The zero-order chi connectivity index (χ0) is 21.4. The van der Waals surface area contributed by atoms with Gasteiger partial charge in [0.25, 0.3) is 0 Å². The highest BCUT2D eigenvalue weighted by atomic mass is 16.1. The van der Waals surface area contributed by atoms with Gasteiger partial charge < -0.3 is 10.2 Å². The van der Waals surface area contributed by atoms with E-state index in [1.807, 2.05) is 6.07 Å². The SMILES string of the molecule is CN(C)c1nc2ccccc2cc1CN1C[C@@H](c2ccccc2)[C@@]2(CCCC(=O)N2)C1. The van der Waals surface area contributed by atoms with E-state index in [0.29, 0.717) is 12.3 Å². The van der Waals surface area contributed by atoms with Crippen molar-refractivity contribution in [1.82, 2.24) is 15.2 Å². The number of nitrogens with zero attached hydrogens (tertiary/aromatic N) is 3. The largest absolute Gasteiger partial charge is 0.362 e. The van der Waals surface area contributed by atoms with Gasteiger partial charge in [-0.2, -0.15) is 0 Å². The summed E-state index contributed by atoms with van der Waals surface area (Å²) in [4.78, 5) is 22.0. The highest BCUT2D eigenvalue weighted by molar-refractivity contribution is 5.82. The second kappa shape index (κ2) is 7.97. The molecule has 0 aliphatic carbocycles. The molecular formula is C26H30N4O. The van der Waals surface area contributed by atoms with Crippen molar-refractivity contribution in [3.63, 3.8) is 0 Å². The molecule has 0 radical (unpaired) electrons. The number of nitrogens with one attached hydrogen (secondary N) is 1. The van der Waals surface area contributed by atoms with E-state index in [9.17, 15) is 4.79 Å². The molecule has 1 spiro atoms. The summed E-state index contributed by atoms with van der Waals surface area (Å²) < 4.78 is 0. The minimum Gasteiger partial charge on any atom is -0.362 e. The van der Waals surface area contributed by atoms with Crippen LogP contribution in [0.3, 0.4) is 0 Å². The maximum Gasteiger partial charge on any atom is 0.220 e. The molecule has 3 heterocycles. The summed E-state index contributed by atoms with van der Waals surface area (Å²) in [7, 11) is 4.11. The van der Waals surface area contributed by atoms with Gasteiger partial charge in [0.1, 0.15) is 5.82 Å². The second-order valence-electron chi connectivity index (χ2n) is 9.25. The van der Waals surface area contributed by atoms with Crippen molar-refractivity contribution in [3.8, 4) is 0 Å². The van der Waals surface area contributed by atoms with Crippen LogP contribution >= 0.6 is 0 Å². The van der Waals surface area contributed by atoms with Crippen LogP contribution in [0.4, 0.5) is 5.82 Å². The van der Waals surface area contributed by atoms with Gasteiger partial charge in [-0.3, -0.25) is 9.69 Å². The molecule has 2 saturated heterocycles. The summed E-state index contributed by atoms with van der Waals surface area (Å²) in [5.41, 5.74) is 3.39. The Kier molecular flexibility index (Phi) is 5.14. The number of hydrogen-bond donors (Lipinski definition) is 1. The lowest BCUT2D eigenvalue weighted by Crippen LogP contribution is -2.56. The number of rotatable bonds is 4. The molecule has 2 aromatic carbocycles. The lowest BCUT2D eigenvalue weighted by Gasteiger charge is -2.39. The van der Waals surface area contributed by atoms with Crippen LogP contribution in [0.25, 0.3) is 10.9 Å². The Labute approximate surface area is 184 Å². The topological polar surface area (TPSA) is 48.5 Å². The molecule has 5 heteroatoms. The number of pyridine rings is 1. The normalized spacial score (nSPS) is 23.9. The lowest BCUT2D eigenvalue weighted by atomic mass is 9.76. The smallest absolute Gasteiger partial charge is 0.220 e. The Bertz CT molecular complexity index is 1100. The molecule has 3 aromatic rings. The maximum absolute atomic E-state index is 12.4. The Morgan fingerprint density at radius 3 is 2.68 bits per heavy atom. The summed E-state index contributed by atoms with van der Waals surface area (Å²) in [6.45, 7) is 2.63. The Balaban J connectivity index is 1.49. The van der Waals surface area contributed by atoms with Gasteiger partial charge in [0.05, 0.1) is 11.1 Å². The zero-order valence-corrected chi connectivity index (χ0v) is 18.3. The summed E-state index contributed by atoms with van der Waals surface area (Å²) in [5.74, 6) is 1.51. The van der Waals surface area contributed by atoms with Crippen molar-refractivity contribution < 1.29 is 4.79 Å². The molecule has 1 N–H and O–H groups in total. The van der Waals surface area contributed by atoms with Crippen molar-refractivity contribution >= 4 is 22.6 Å². The van der Waals surface area contributed by atoms with Gasteiger partial charge in [-0.15, -0.1) is 0 Å². The number of fused-ring (bicyclic) bond motifs is 1. The van der Waals surface area contributed by atoms with Gasteiger partial charge in [-0.1, -0.05) is 48.5 Å². The van der Waals surface area contributed by atoms with Crippen LogP contribution in [0.1, 0.15) is 36.3 Å². The van der Waals surface area contributed by atoms with E-state index in [0.717, 1.165) is 43.8 Å². The predicted molar refractivity (Wildman–Crippen MR) is 125 cm³/mol. The minimum atomic E-state index is -0.181. The summed E-state index contributed by atoms with van der Waals surface area (Å²) >= 11 is 0.